The fourth-order valence-corrected chi connectivity index (χ4v) is 1.70. The number of carbonyl (C=O) groups excluding carboxylic acids is 1. The Balaban J connectivity index is 1.82. The number of ketones is 1. The first-order chi connectivity index (χ1) is 9.74. The van der Waals surface area contributed by atoms with Crippen molar-refractivity contribution >= 4 is 17.9 Å². The molecule has 2 aromatic heterocycles. The molecule has 0 radical (unpaired) electrons. The Kier molecular flexibility index (Phi) is 3.01. The molecule has 1 N–H and O–H groups in total. The molecule has 0 aliphatic carbocycles. The monoisotopic (exact) mass is 270 g/mol. The summed E-state index contributed by atoms with van der Waals surface area (Å²) in [6.45, 7) is 0. The maximum absolute atomic E-state index is 11.8. The van der Waals surface area contributed by atoms with Gasteiger partial charge in [0.15, 0.2) is 11.5 Å². The van der Waals surface area contributed by atoms with Gasteiger partial charge in [-0.15, -0.1) is 0 Å². The normalized spacial score (nSPS) is 17.4. The molecular weight excluding hydrogens is 260 g/mol. The first-order valence-corrected chi connectivity index (χ1v) is 5.86. The molecule has 0 fully saturated rings. The van der Waals surface area contributed by atoms with Crippen LogP contribution in [-0.4, -0.2) is 10.9 Å². The molecule has 20 heavy (non-hydrogen) atoms. The molecule has 0 aromatic carbocycles. The second-order valence-electron chi connectivity index (χ2n) is 4.02. The average molecular weight is 270 g/mol. The Labute approximate surface area is 114 Å². The Morgan fingerprint density at radius 3 is 2.35 bits per heavy atom. The van der Waals surface area contributed by atoms with Gasteiger partial charge >= 0.3 is 0 Å². The van der Waals surface area contributed by atoms with Crippen LogP contribution >= 0.6 is 0 Å². The Bertz CT molecular complexity index is 700. The molecular formula is C15H10O5. The number of aliphatic hydroxyl groups is 1. The second kappa shape index (κ2) is 4.97. The third kappa shape index (κ3) is 2.29. The maximum Gasteiger partial charge on any atom is 0.266 e. The van der Waals surface area contributed by atoms with E-state index in [1.54, 1.807) is 30.3 Å². The molecule has 3 rings (SSSR count). The highest BCUT2D eigenvalue weighted by Gasteiger charge is 2.29. The van der Waals surface area contributed by atoms with Crippen LogP contribution in [0.5, 0.6) is 0 Å². The van der Waals surface area contributed by atoms with Crippen molar-refractivity contribution in [2.24, 2.45) is 0 Å². The molecule has 0 amide bonds. The summed E-state index contributed by atoms with van der Waals surface area (Å²) in [5.41, 5.74) is 0. The van der Waals surface area contributed by atoms with E-state index in [1.807, 2.05) is 0 Å². The van der Waals surface area contributed by atoms with Crippen molar-refractivity contribution in [2.45, 2.75) is 0 Å². The molecule has 5 nitrogen and oxygen atoms in total. The molecule has 2 aromatic rings. The number of allylic oxidation sites excluding steroid dienone is 1. The van der Waals surface area contributed by atoms with Gasteiger partial charge in [-0.1, -0.05) is 0 Å². The second-order valence-corrected chi connectivity index (χ2v) is 4.02. The van der Waals surface area contributed by atoms with Crippen molar-refractivity contribution < 1.29 is 23.5 Å². The number of aliphatic hydroxyl groups excluding tert-OH is 1. The van der Waals surface area contributed by atoms with Crippen LogP contribution in [0.25, 0.3) is 12.2 Å². The summed E-state index contributed by atoms with van der Waals surface area (Å²) in [6, 6.07) is 6.84. The topological polar surface area (TPSA) is 72.8 Å². The summed E-state index contributed by atoms with van der Waals surface area (Å²) in [4.78, 5) is 11.8. The van der Waals surface area contributed by atoms with Crippen LogP contribution in [0.15, 0.2) is 69.0 Å². The Hall–Kier alpha value is -2.95. The van der Waals surface area contributed by atoms with E-state index in [0.29, 0.717) is 11.5 Å². The lowest BCUT2D eigenvalue weighted by atomic mass is 10.2. The number of ether oxygens (including phenoxy) is 1. The van der Waals surface area contributed by atoms with Crippen LogP contribution in [-0.2, 0) is 9.53 Å². The SMILES string of the molecule is O=C1C(O)=C(/C=C/c2ccco2)O/C1=C/c1ccco1. The third-order valence-electron chi connectivity index (χ3n) is 2.65. The molecule has 0 spiro atoms. The van der Waals surface area contributed by atoms with Crippen LogP contribution < -0.4 is 0 Å². The van der Waals surface area contributed by atoms with Crippen LogP contribution in [0.2, 0.25) is 0 Å². The van der Waals surface area contributed by atoms with E-state index in [1.165, 1.54) is 24.7 Å². The van der Waals surface area contributed by atoms with Gasteiger partial charge in [0.2, 0.25) is 5.76 Å². The highest BCUT2D eigenvalue weighted by atomic mass is 16.5. The Morgan fingerprint density at radius 1 is 1.00 bits per heavy atom. The highest BCUT2D eigenvalue weighted by Crippen LogP contribution is 2.26. The number of furan rings is 2. The van der Waals surface area contributed by atoms with E-state index < -0.39 is 11.5 Å². The lowest BCUT2D eigenvalue weighted by molar-refractivity contribution is -0.115. The van der Waals surface area contributed by atoms with E-state index in [9.17, 15) is 9.90 Å². The van der Waals surface area contributed by atoms with Crippen molar-refractivity contribution in [3.05, 3.63) is 71.7 Å². The summed E-state index contributed by atoms with van der Waals surface area (Å²) in [5.74, 6) is 0.120. The zero-order chi connectivity index (χ0) is 13.9. The molecule has 0 atom stereocenters. The predicted octanol–water partition coefficient (Wildman–Crippen LogP) is 3.30. The number of hydrogen-bond donors (Lipinski definition) is 1. The van der Waals surface area contributed by atoms with E-state index in [0.717, 1.165) is 0 Å². The van der Waals surface area contributed by atoms with Crippen molar-refractivity contribution in [3.8, 4) is 0 Å². The molecule has 1 aliphatic heterocycles. The fourth-order valence-electron chi connectivity index (χ4n) is 1.70. The fraction of sp³-hybridized carbons (Fsp3) is 0. The quantitative estimate of drug-likeness (QED) is 0.866. The van der Waals surface area contributed by atoms with Gasteiger partial charge in [0.05, 0.1) is 12.5 Å². The van der Waals surface area contributed by atoms with Crippen LogP contribution in [0, 0.1) is 0 Å². The van der Waals surface area contributed by atoms with Gasteiger partial charge in [0, 0.05) is 6.08 Å². The van der Waals surface area contributed by atoms with Gasteiger partial charge in [0.1, 0.15) is 11.5 Å². The van der Waals surface area contributed by atoms with Crippen LogP contribution in [0.4, 0.5) is 0 Å². The molecule has 0 bridgehead atoms. The van der Waals surface area contributed by atoms with Gasteiger partial charge in [-0.05, 0) is 36.4 Å². The van der Waals surface area contributed by atoms with Crippen molar-refractivity contribution in [3.63, 3.8) is 0 Å². The average Bonchev–Trinajstić information content (AvgIpc) is 3.16. The molecule has 0 unspecified atom stereocenters. The number of rotatable bonds is 3. The standard InChI is InChI=1S/C15H10O5/c16-14-12(6-5-10-3-1-7-18-10)20-13(15(14)17)9-11-4-2-8-19-11/h1-9,16H/b6-5+,13-9+. The molecule has 0 saturated heterocycles. The summed E-state index contributed by atoms with van der Waals surface area (Å²) >= 11 is 0. The lowest BCUT2D eigenvalue weighted by Gasteiger charge is -1.97. The van der Waals surface area contributed by atoms with Crippen molar-refractivity contribution in [1.29, 1.82) is 0 Å². The van der Waals surface area contributed by atoms with E-state index in [4.69, 9.17) is 13.6 Å². The number of hydrogen-bond acceptors (Lipinski definition) is 5. The first-order valence-electron chi connectivity index (χ1n) is 5.86. The zero-order valence-corrected chi connectivity index (χ0v) is 10.3. The third-order valence-corrected chi connectivity index (χ3v) is 2.65. The van der Waals surface area contributed by atoms with Crippen LogP contribution in [0.3, 0.4) is 0 Å². The minimum Gasteiger partial charge on any atom is -0.501 e. The molecule has 100 valence electrons. The smallest absolute Gasteiger partial charge is 0.266 e. The number of carbonyl (C=O) groups is 1. The van der Waals surface area contributed by atoms with Gasteiger partial charge < -0.3 is 18.7 Å². The minimum absolute atomic E-state index is 0.0107. The molecule has 0 saturated carbocycles. The first kappa shape index (κ1) is 12.1. The summed E-state index contributed by atoms with van der Waals surface area (Å²) in [7, 11) is 0. The van der Waals surface area contributed by atoms with Crippen molar-refractivity contribution in [2.75, 3.05) is 0 Å². The zero-order valence-electron chi connectivity index (χ0n) is 10.3. The highest BCUT2D eigenvalue weighted by molar-refractivity contribution is 6.10. The van der Waals surface area contributed by atoms with Gasteiger partial charge in [-0.25, -0.2) is 0 Å². The predicted molar refractivity (Wildman–Crippen MR) is 70.2 cm³/mol. The van der Waals surface area contributed by atoms with E-state index in [2.05, 4.69) is 0 Å². The minimum atomic E-state index is -0.583. The van der Waals surface area contributed by atoms with Gasteiger partial charge in [0.25, 0.3) is 5.78 Å². The van der Waals surface area contributed by atoms with E-state index >= 15 is 0 Å². The summed E-state index contributed by atoms with van der Waals surface area (Å²) in [6.07, 6.45) is 7.49. The van der Waals surface area contributed by atoms with Gasteiger partial charge in [-0.2, -0.15) is 0 Å². The van der Waals surface area contributed by atoms with E-state index in [-0.39, 0.29) is 11.5 Å². The molecule has 1 aliphatic rings. The maximum atomic E-state index is 11.8. The number of Topliss-reactive ketones (excluding diaryl/α,β-unsaturated/α-hetero) is 1. The van der Waals surface area contributed by atoms with Gasteiger partial charge in [-0.3, -0.25) is 4.79 Å². The van der Waals surface area contributed by atoms with Crippen LogP contribution in [0.1, 0.15) is 11.5 Å². The molecule has 5 heteroatoms. The summed E-state index contributed by atoms with van der Waals surface area (Å²) < 4.78 is 15.5. The summed E-state index contributed by atoms with van der Waals surface area (Å²) in [5, 5.41) is 9.74. The molecule has 3 heterocycles. The van der Waals surface area contributed by atoms with Crippen molar-refractivity contribution in [1.82, 2.24) is 0 Å². The Morgan fingerprint density at radius 2 is 1.70 bits per heavy atom. The lowest BCUT2D eigenvalue weighted by Crippen LogP contribution is -1.98. The largest absolute Gasteiger partial charge is 0.501 e.